The summed E-state index contributed by atoms with van der Waals surface area (Å²) in [6.07, 6.45) is 4.04. The van der Waals surface area contributed by atoms with E-state index in [9.17, 15) is 9.90 Å². The average Bonchev–Trinajstić information content (AvgIpc) is 2.34. The molecule has 1 N–H and O–H groups in total. The fourth-order valence-corrected chi connectivity index (χ4v) is 2.57. The minimum absolute atomic E-state index is 0.0116. The van der Waals surface area contributed by atoms with Gasteiger partial charge in [-0.05, 0) is 30.6 Å². The van der Waals surface area contributed by atoms with Gasteiger partial charge in [-0.15, -0.1) is 0 Å². The summed E-state index contributed by atoms with van der Waals surface area (Å²) in [6.45, 7) is 7.44. The van der Waals surface area contributed by atoms with Crippen LogP contribution in [0.2, 0.25) is 0 Å². The van der Waals surface area contributed by atoms with E-state index in [-0.39, 0.29) is 19.3 Å². The topological polar surface area (TPSA) is 55.8 Å². The second-order valence-corrected chi connectivity index (χ2v) is 5.94. The Morgan fingerprint density at radius 2 is 2.17 bits per heavy atom. The van der Waals surface area contributed by atoms with Gasteiger partial charge in [0.1, 0.15) is 12.7 Å². The zero-order chi connectivity index (χ0) is 13.6. The number of rotatable bonds is 7. The first kappa shape index (κ1) is 15.4. The summed E-state index contributed by atoms with van der Waals surface area (Å²) >= 11 is 0. The van der Waals surface area contributed by atoms with E-state index in [0.29, 0.717) is 17.8 Å². The predicted octanol–water partition coefficient (Wildman–Crippen LogP) is 2.14. The zero-order valence-electron chi connectivity index (χ0n) is 11.7. The molecule has 4 heteroatoms. The second-order valence-electron chi connectivity index (χ2n) is 5.94. The van der Waals surface area contributed by atoms with Gasteiger partial charge in [0.15, 0.2) is 0 Å². The van der Waals surface area contributed by atoms with Gasteiger partial charge in [-0.25, -0.2) is 0 Å². The number of hydrogen-bond donors (Lipinski definition) is 1. The number of hydrogen-bond acceptors (Lipinski definition) is 4. The van der Waals surface area contributed by atoms with Crippen LogP contribution in [0.3, 0.4) is 0 Å². The highest BCUT2D eigenvalue weighted by Gasteiger charge is 2.35. The summed E-state index contributed by atoms with van der Waals surface area (Å²) in [6, 6.07) is 0. The Hall–Kier alpha value is -0.610. The van der Waals surface area contributed by atoms with E-state index in [0.717, 1.165) is 12.8 Å². The standard InChI is InChI=1S/C14H26O4/c1-11(2)14(3)6-4-5-13(7-14)18-9-12(16)8-17-10-15/h10-13,16H,4-9H2,1-3H3. The Bertz CT molecular complexity index is 254. The van der Waals surface area contributed by atoms with Gasteiger partial charge in [0.25, 0.3) is 6.47 Å². The Morgan fingerprint density at radius 3 is 2.78 bits per heavy atom. The van der Waals surface area contributed by atoms with Crippen molar-refractivity contribution in [2.45, 2.75) is 58.7 Å². The number of carbonyl (C=O) groups excluding carboxylic acids is 1. The van der Waals surface area contributed by atoms with E-state index < -0.39 is 6.10 Å². The SMILES string of the molecule is CC(C)C1(C)CCCC(OCC(O)COC=O)C1. The molecule has 3 unspecified atom stereocenters. The molecule has 0 aliphatic heterocycles. The minimum atomic E-state index is -0.720. The van der Waals surface area contributed by atoms with Crippen LogP contribution in [0.5, 0.6) is 0 Å². The summed E-state index contributed by atoms with van der Waals surface area (Å²) in [4.78, 5) is 10.0. The lowest BCUT2D eigenvalue weighted by atomic mass is 9.67. The van der Waals surface area contributed by atoms with Crippen LogP contribution in [0.25, 0.3) is 0 Å². The first-order chi connectivity index (χ1) is 8.48. The van der Waals surface area contributed by atoms with Crippen LogP contribution < -0.4 is 0 Å². The van der Waals surface area contributed by atoms with Crippen molar-refractivity contribution in [1.29, 1.82) is 0 Å². The maximum absolute atomic E-state index is 10.0. The molecule has 106 valence electrons. The monoisotopic (exact) mass is 258 g/mol. The molecule has 1 rings (SSSR count). The van der Waals surface area contributed by atoms with Crippen LogP contribution >= 0.6 is 0 Å². The van der Waals surface area contributed by atoms with E-state index in [2.05, 4.69) is 25.5 Å². The Labute approximate surface area is 110 Å². The molecule has 0 aromatic heterocycles. The molecule has 1 aliphatic carbocycles. The van der Waals surface area contributed by atoms with Crippen molar-refractivity contribution in [1.82, 2.24) is 0 Å². The molecule has 4 nitrogen and oxygen atoms in total. The molecule has 0 aromatic carbocycles. The van der Waals surface area contributed by atoms with Gasteiger partial charge in [0.2, 0.25) is 0 Å². The van der Waals surface area contributed by atoms with E-state index in [1.165, 1.54) is 12.8 Å². The molecule has 18 heavy (non-hydrogen) atoms. The molecule has 0 saturated heterocycles. The second kappa shape index (κ2) is 7.10. The Kier molecular flexibility index (Phi) is 6.09. The molecule has 0 amide bonds. The maximum atomic E-state index is 10.0. The van der Waals surface area contributed by atoms with E-state index >= 15 is 0 Å². The Morgan fingerprint density at radius 1 is 1.44 bits per heavy atom. The van der Waals surface area contributed by atoms with Crippen LogP contribution in [0.1, 0.15) is 46.5 Å². The lowest BCUT2D eigenvalue weighted by Crippen LogP contribution is -2.36. The fourth-order valence-electron chi connectivity index (χ4n) is 2.57. The molecule has 1 aliphatic rings. The van der Waals surface area contributed by atoms with Gasteiger partial charge in [0.05, 0.1) is 12.7 Å². The number of aliphatic hydroxyl groups is 1. The van der Waals surface area contributed by atoms with Crippen LogP contribution in [0, 0.1) is 11.3 Å². The highest BCUT2D eigenvalue weighted by molar-refractivity contribution is 5.36. The first-order valence-electron chi connectivity index (χ1n) is 6.83. The fraction of sp³-hybridized carbons (Fsp3) is 0.929. The first-order valence-corrected chi connectivity index (χ1v) is 6.83. The highest BCUT2D eigenvalue weighted by Crippen LogP contribution is 2.42. The van der Waals surface area contributed by atoms with Crippen molar-refractivity contribution < 1.29 is 19.4 Å². The number of carbonyl (C=O) groups is 1. The lowest BCUT2D eigenvalue weighted by molar-refractivity contribution is -0.134. The van der Waals surface area contributed by atoms with Crippen LogP contribution in [-0.2, 0) is 14.3 Å². The van der Waals surface area contributed by atoms with Crippen LogP contribution in [0.15, 0.2) is 0 Å². The normalized spacial score (nSPS) is 30.2. The summed E-state index contributed by atoms with van der Waals surface area (Å²) in [5.74, 6) is 0.646. The highest BCUT2D eigenvalue weighted by atomic mass is 16.5. The molecular weight excluding hydrogens is 232 g/mol. The zero-order valence-corrected chi connectivity index (χ0v) is 11.7. The number of ether oxygens (including phenoxy) is 2. The third-order valence-corrected chi connectivity index (χ3v) is 4.24. The van der Waals surface area contributed by atoms with E-state index in [1.54, 1.807) is 0 Å². The molecule has 3 atom stereocenters. The third-order valence-electron chi connectivity index (χ3n) is 4.24. The van der Waals surface area contributed by atoms with Crippen molar-refractivity contribution in [3.8, 4) is 0 Å². The van der Waals surface area contributed by atoms with Crippen LogP contribution in [0.4, 0.5) is 0 Å². The average molecular weight is 258 g/mol. The summed E-state index contributed by atoms with van der Waals surface area (Å²) < 4.78 is 10.2. The molecule has 1 fully saturated rings. The largest absolute Gasteiger partial charge is 0.465 e. The van der Waals surface area contributed by atoms with Gasteiger partial charge in [-0.2, -0.15) is 0 Å². The van der Waals surface area contributed by atoms with Crippen LogP contribution in [-0.4, -0.2) is 37.0 Å². The minimum Gasteiger partial charge on any atom is -0.465 e. The molecule has 0 bridgehead atoms. The Balaban J connectivity index is 2.32. The van der Waals surface area contributed by atoms with Gasteiger partial charge in [-0.1, -0.05) is 27.2 Å². The van der Waals surface area contributed by atoms with Gasteiger partial charge in [-0.3, -0.25) is 4.79 Å². The molecule has 1 saturated carbocycles. The quantitative estimate of drug-likeness (QED) is 0.711. The third kappa shape index (κ3) is 4.58. The molecule has 0 spiro atoms. The molecular formula is C14H26O4. The van der Waals surface area contributed by atoms with Crippen molar-refractivity contribution in [2.24, 2.45) is 11.3 Å². The molecule has 0 heterocycles. The number of aliphatic hydroxyl groups excluding tert-OH is 1. The summed E-state index contributed by atoms with van der Waals surface area (Å²) in [5, 5.41) is 9.54. The van der Waals surface area contributed by atoms with Crippen molar-refractivity contribution in [3.05, 3.63) is 0 Å². The van der Waals surface area contributed by atoms with Gasteiger partial charge >= 0.3 is 0 Å². The molecule has 0 aromatic rings. The van der Waals surface area contributed by atoms with Crippen molar-refractivity contribution >= 4 is 6.47 Å². The van der Waals surface area contributed by atoms with E-state index in [4.69, 9.17) is 4.74 Å². The maximum Gasteiger partial charge on any atom is 0.293 e. The predicted molar refractivity (Wildman–Crippen MR) is 69.2 cm³/mol. The van der Waals surface area contributed by atoms with Gasteiger partial charge < -0.3 is 14.6 Å². The van der Waals surface area contributed by atoms with Crippen molar-refractivity contribution in [2.75, 3.05) is 13.2 Å². The van der Waals surface area contributed by atoms with Crippen molar-refractivity contribution in [3.63, 3.8) is 0 Å². The molecule has 0 radical (unpaired) electrons. The summed E-state index contributed by atoms with van der Waals surface area (Å²) in [7, 11) is 0. The smallest absolute Gasteiger partial charge is 0.293 e. The summed E-state index contributed by atoms with van der Waals surface area (Å²) in [5.41, 5.74) is 0.340. The van der Waals surface area contributed by atoms with Gasteiger partial charge in [0, 0.05) is 0 Å². The lowest BCUT2D eigenvalue weighted by Gasteiger charge is -2.41. The van der Waals surface area contributed by atoms with E-state index in [1.807, 2.05) is 0 Å².